The SMILES string of the molecule is Nc1cccc(CN2C(=O)CC3(CCCC3)C2=O)c1. The minimum atomic E-state index is -0.378. The number of nitrogens with two attached hydrogens (primary N) is 1. The van der Waals surface area contributed by atoms with Gasteiger partial charge in [-0.3, -0.25) is 14.5 Å². The molecule has 2 aliphatic rings. The maximum atomic E-state index is 12.5. The lowest BCUT2D eigenvalue weighted by Gasteiger charge is -2.21. The Morgan fingerprint density at radius 2 is 1.95 bits per heavy atom. The van der Waals surface area contributed by atoms with Gasteiger partial charge >= 0.3 is 0 Å². The van der Waals surface area contributed by atoms with Crippen LogP contribution in [0.1, 0.15) is 37.7 Å². The van der Waals surface area contributed by atoms with Crippen LogP contribution >= 0.6 is 0 Å². The summed E-state index contributed by atoms with van der Waals surface area (Å²) in [4.78, 5) is 26.0. The third-order valence-electron chi connectivity index (χ3n) is 4.34. The van der Waals surface area contributed by atoms with E-state index in [1.165, 1.54) is 4.90 Å². The molecule has 2 fully saturated rings. The molecule has 4 nitrogen and oxygen atoms in total. The molecule has 2 amide bonds. The topological polar surface area (TPSA) is 63.4 Å². The minimum absolute atomic E-state index is 0.0254. The van der Waals surface area contributed by atoms with Crippen LogP contribution in [0.25, 0.3) is 0 Å². The molecule has 1 saturated heterocycles. The van der Waals surface area contributed by atoms with Crippen LogP contribution in [0, 0.1) is 5.41 Å². The highest BCUT2D eigenvalue weighted by molar-refractivity contribution is 6.05. The molecular weight excluding hydrogens is 240 g/mol. The summed E-state index contributed by atoms with van der Waals surface area (Å²) in [5.41, 5.74) is 6.92. The molecule has 100 valence electrons. The summed E-state index contributed by atoms with van der Waals surface area (Å²) in [5, 5.41) is 0. The standard InChI is InChI=1S/C15H18N2O2/c16-12-5-3-4-11(8-12)10-17-13(18)9-15(14(17)19)6-1-2-7-15/h3-5,8H,1-2,6-7,9-10,16H2. The van der Waals surface area contributed by atoms with Gasteiger partial charge < -0.3 is 5.73 Å². The fourth-order valence-electron chi connectivity index (χ4n) is 3.34. The van der Waals surface area contributed by atoms with E-state index in [-0.39, 0.29) is 17.2 Å². The van der Waals surface area contributed by atoms with Crippen molar-refractivity contribution in [2.45, 2.75) is 38.6 Å². The van der Waals surface area contributed by atoms with Crippen molar-refractivity contribution in [3.05, 3.63) is 29.8 Å². The number of hydrogen-bond donors (Lipinski definition) is 1. The monoisotopic (exact) mass is 258 g/mol. The van der Waals surface area contributed by atoms with Crippen molar-refractivity contribution in [3.8, 4) is 0 Å². The summed E-state index contributed by atoms with van der Waals surface area (Å²) in [6.07, 6.45) is 4.25. The average molecular weight is 258 g/mol. The Kier molecular flexibility index (Phi) is 2.81. The molecule has 1 aromatic carbocycles. The van der Waals surface area contributed by atoms with Gasteiger partial charge in [0.1, 0.15) is 0 Å². The fourth-order valence-corrected chi connectivity index (χ4v) is 3.34. The highest BCUT2D eigenvalue weighted by Gasteiger charge is 2.52. The van der Waals surface area contributed by atoms with Crippen LogP contribution in [0.2, 0.25) is 0 Å². The zero-order valence-corrected chi connectivity index (χ0v) is 10.9. The number of amides is 2. The number of nitrogen functional groups attached to an aromatic ring is 1. The molecule has 4 heteroatoms. The summed E-state index contributed by atoms with van der Waals surface area (Å²) in [6, 6.07) is 7.37. The lowest BCUT2D eigenvalue weighted by atomic mass is 9.84. The number of carbonyl (C=O) groups is 2. The van der Waals surface area contributed by atoms with Gasteiger partial charge in [0.2, 0.25) is 11.8 Å². The Morgan fingerprint density at radius 1 is 1.21 bits per heavy atom. The second-order valence-electron chi connectivity index (χ2n) is 5.69. The number of rotatable bonds is 2. The van der Waals surface area contributed by atoms with Crippen LogP contribution in [0.3, 0.4) is 0 Å². The molecule has 1 heterocycles. The Bertz CT molecular complexity index is 533. The Hall–Kier alpha value is -1.84. The summed E-state index contributed by atoms with van der Waals surface area (Å²) in [5.74, 6) is -0.00764. The molecule has 0 atom stereocenters. The fraction of sp³-hybridized carbons (Fsp3) is 0.467. The number of likely N-dealkylation sites (tertiary alicyclic amines) is 1. The Balaban J connectivity index is 1.82. The van der Waals surface area contributed by atoms with Crippen molar-refractivity contribution in [2.75, 3.05) is 5.73 Å². The van der Waals surface area contributed by atoms with E-state index in [4.69, 9.17) is 5.73 Å². The second kappa shape index (κ2) is 4.37. The molecule has 1 aromatic rings. The molecule has 1 saturated carbocycles. The van der Waals surface area contributed by atoms with Gasteiger partial charge in [-0.15, -0.1) is 0 Å². The quantitative estimate of drug-likeness (QED) is 0.652. The Labute approximate surface area is 112 Å². The van der Waals surface area contributed by atoms with Gasteiger partial charge in [-0.2, -0.15) is 0 Å². The van der Waals surface area contributed by atoms with Gasteiger partial charge in [0, 0.05) is 12.1 Å². The maximum Gasteiger partial charge on any atom is 0.236 e. The molecule has 0 aromatic heterocycles. The zero-order valence-electron chi connectivity index (χ0n) is 10.9. The van der Waals surface area contributed by atoms with Crippen LogP contribution < -0.4 is 5.73 Å². The average Bonchev–Trinajstić information content (AvgIpc) is 2.92. The number of imide groups is 1. The van der Waals surface area contributed by atoms with E-state index in [0.717, 1.165) is 31.2 Å². The summed E-state index contributed by atoms with van der Waals surface area (Å²) in [6.45, 7) is 0.352. The number of benzene rings is 1. The van der Waals surface area contributed by atoms with Gasteiger partial charge in [0.05, 0.1) is 12.0 Å². The number of hydrogen-bond acceptors (Lipinski definition) is 3. The van der Waals surface area contributed by atoms with E-state index in [1.807, 2.05) is 18.2 Å². The smallest absolute Gasteiger partial charge is 0.236 e. The van der Waals surface area contributed by atoms with Crippen LogP contribution in [-0.4, -0.2) is 16.7 Å². The first-order chi connectivity index (χ1) is 9.11. The second-order valence-corrected chi connectivity index (χ2v) is 5.69. The van der Waals surface area contributed by atoms with Gasteiger partial charge in [0.15, 0.2) is 0 Å². The van der Waals surface area contributed by atoms with E-state index in [1.54, 1.807) is 6.07 Å². The molecule has 1 spiro atoms. The summed E-state index contributed by atoms with van der Waals surface area (Å²) < 4.78 is 0. The van der Waals surface area contributed by atoms with E-state index in [2.05, 4.69) is 0 Å². The molecule has 0 unspecified atom stereocenters. The van der Waals surface area contributed by atoms with Gasteiger partial charge in [-0.25, -0.2) is 0 Å². The third kappa shape index (κ3) is 2.01. The molecule has 1 aliphatic heterocycles. The Morgan fingerprint density at radius 3 is 2.63 bits per heavy atom. The molecule has 0 bridgehead atoms. The van der Waals surface area contributed by atoms with Crippen molar-refractivity contribution in [1.29, 1.82) is 0 Å². The van der Waals surface area contributed by atoms with Crippen molar-refractivity contribution >= 4 is 17.5 Å². The van der Waals surface area contributed by atoms with Gasteiger partial charge in [0.25, 0.3) is 0 Å². The van der Waals surface area contributed by atoms with Crippen molar-refractivity contribution in [2.24, 2.45) is 5.41 Å². The maximum absolute atomic E-state index is 12.5. The predicted octanol–water partition coefficient (Wildman–Crippen LogP) is 2.09. The lowest BCUT2D eigenvalue weighted by molar-refractivity contribution is -0.142. The van der Waals surface area contributed by atoms with Crippen molar-refractivity contribution < 1.29 is 9.59 Å². The van der Waals surface area contributed by atoms with E-state index < -0.39 is 0 Å². The van der Waals surface area contributed by atoms with Gasteiger partial charge in [-0.05, 0) is 30.5 Å². The first-order valence-electron chi connectivity index (χ1n) is 6.80. The lowest BCUT2D eigenvalue weighted by Crippen LogP contribution is -2.33. The summed E-state index contributed by atoms with van der Waals surface area (Å²) >= 11 is 0. The number of carbonyl (C=O) groups excluding carboxylic acids is 2. The van der Waals surface area contributed by atoms with E-state index in [9.17, 15) is 9.59 Å². The zero-order chi connectivity index (χ0) is 13.5. The van der Waals surface area contributed by atoms with Gasteiger partial charge in [-0.1, -0.05) is 25.0 Å². The molecule has 19 heavy (non-hydrogen) atoms. The largest absolute Gasteiger partial charge is 0.399 e. The number of anilines is 1. The first-order valence-corrected chi connectivity index (χ1v) is 6.80. The molecule has 2 N–H and O–H groups in total. The van der Waals surface area contributed by atoms with Crippen molar-refractivity contribution in [3.63, 3.8) is 0 Å². The normalized spacial score (nSPS) is 21.6. The molecule has 1 aliphatic carbocycles. The highest BCUT2D eigenvalue weighted by Crippen LogP contribution is 2.47. The van der Waals surface area contributed by atoms with Crippen LogP contribution in [-0.2, 0) is 16.1 Å². The molecular formula is C15H18N2O2. The van der Waals surface area contributed by atoms with E-state index >= 15 is 0 Å². The number of nitrogens with zero attached hydrogens (tertiary/aromatic N) is 1. The molecule has 3 rings (SSSR count). The first kappa shape index (κ1) is 12.2. The van der Waals surface area contributed by atoms with Crippen molar-refractivity contribution in [1.82, 2.24) is 4.90 Å². The molecule has 0 radical (unpaired) electrons. The minimum Gasteiger partial charge on any atom is -0.399 e. The highest BCUT2D eigenvalue weighted by atomic mass is 16.2. The third-order valence-corrected chi connectivity index (χ3v) is 4.34. The van der Waals surface area contributed by atoms with E-state index in [0.29, 0.717) is 18.7 Å². The van der Waals surface area contributed by atoms with Crippen LogP contribution in [0.4, 0.5) is 5.69 Å². The summed E-state index contributed by atoms with van der Waals surface area (Å²) in [7, 11) is 0. The van der Waals surface area contributed by atoms with Crippen LogP contribution in [0.5, 0.6) is 0 Å². The predicted molar refractivity (Wildman–Crippen MR) is 71.9 cm³/mol. The van der Waals surface area contributed by atoms with Crippen LogP contribution in [0.15, 0.2) is 24.3 Å².